The standard InChI is InChI=1S/C28H33FN6O2/c1-18-13-21(14-26(36)37)16-30-27(18)33-11-12-34(20(3)17-33)25-15-24(22-6-8-23(29)9-7-22)31-28(32-25)35-10-4-5-19(35)2/h6-9,13,15-16,19-20H,4-5,10-12,14,17H2,1-3H3,(H,36,37). The lowest BCUT2D eigenvalue weighted by molar-refractivity contribution is -0.136. The number of anilines is 3. The minimum atomic E-state index is -0.858. The molecule has 0 amide bonds. The number of halogens is 1. The fraction of sp³-hybridized carbons (Fsp3) is 0.429. The highest BCUT2D eigenvalue weighted by Crippen LogP contribution is 2.31. The van der Waals surface area contributed by atoms with Gasteiger partial charge in [-0.25, -0.2) is 14.4 Å². The number of benzene rings is 1. The Bertz CT molecular complexity index is 1280. The molecule has 37 heavy (non-hydrogen) atoms. The molecule has 8 nitrogen and oxygen atoms in total. The summed E-state index contributed by atoms with van der Waals surface area (Å²) in [6, 6.07) is 10.9. The van der Waals surface area contributed by atoms with Crippen molar-refractivity contribution >= 4 is 23.6 Å². The molecule has 2 saturated heterocycles. The number of carboxylic acids is 1. The summed E-state index contributed by atoms with van der Waals surface area (Å²) in [6.45, 7) is 9.58. The van der Waals surface area contributed by atoms with Crippen LogP contribution < -0.4 is 14.7 Å². The van der Waals surface area contributed by atoms with Crippen LogP contribution in [0.2, 0.25) is 0 Å². The summed E-state index contributed by atoms with van der Waals surface area (Å²) < 4.78 is 13.6. The third-order valence-corrected chi connectivity index (χ3v) is 7.33. The van der Waals surface area contributed by atoms with E-state index >= 15 is 0 Å². The zero-order valence-electron chi connectivity index (χ0n) is 21.6. The van der Waals surface area contributed by atoms with Gasteiger partial charge in [0.2, 0.25) is 5.95 Å². The maximum Gasteiger partial charge on any atom is 0.307 e. The van der Waals surface area contributed by atoms with E-state index in [1.165, 1.54) is 12.1 Å². The molecule has 5 rings (SSSR count). The third-order valence-electron chi connectivity index (χ3n) is 7.33. The largest absolute Gasteiger partial charge is 0.481 e. The van der Waals surface area contributed by atoms with Gasteiger partial charge in [0, 0.05) is 56.1 Å². The van der Waals surface area contributed by atoms with Gasteiger partial charge in [0.1, 0.15) is 17.5 Å². The van der Waals surface area contributed by atoms with Crippen LogP contribution in [0.25, 0.3) is 11.3 Å². The molecule has 0 saturated carbocycles. The summed E-state index contributed by atoms with van der Waals surface area (Å²) in [5.74, 6) is 1.36. The Morgan fingerprint density at radius 1 is 1.05 bits per heavy atom. The Balaban J connectivity index is 1.41. The van der Waals surface area contributed by atoms with Gasteiger partial charge in [0.05, 0.1) is 12.1 Å². The minimum Gasteiger partial charge on any atom is -0.481 e. The molecule has 9 heteroatoms. The molecular weight excluding hydrogens is 471 g/mol. The number of carbonyl (C=O) groups is 1. The van der Waals surface area contributed by atoms with Crippen LogP contribution >= 0.6 is 0 Å². The van der Waals surface area contributed by atoms with Crippen LogP contribution in [0.15, 0.2) is 42.6 Å². The molecular formula is C28H33FN6O2. The first-order valence-corrected chi connectivity index (χ1v) is 12.9. The number of aliphatic carboxylic acids is 1. The molecule has 0 bridgehead atoms. The lowest BCUT2D eigenvalue weighted by Crippen LogP contribution is -2.53. The number of hydrogen-bond donors (Lipinski definition) is 1. The van der Waals surface area contributed by atoms with Gasteiger partial charge in [-0.2, -0.15) is 4.98 Å². The zero-order chi connectivity index (χ0) is 26.1. The van der Waals surface area contributed by atoms with Crippen molar-refractivity contribution in [2.24, 2.45) is 0 Å². The second-order valence-corrected chi connectivity index (χ2v) is 10.1. The van der Waals surface area contributed by atoms with E-state index in [2.05, 4.69) is 33.5 Å². The van der Waals surface area contributed by atoms with Crippen molar-refractivity contribution < 1.29 is 14.3 Å². The van der Waals surface area contributed by atoms with Crippen molar-refractivity contribution in [2.75, 3.05) is 40.9 Å². The van der Waals surface area contributed by atoms with Crippen LogP contribution in [0.1, 0.15) is 37.8 Å². The molecule has 2 aromatic heterocycles. The number of aromatic nitrogens is 3. The van der Waals surface area contributed by atoms with Crippen LogP contribution in [0.3, 0.4) is 0 Å². The molecule has 4 heterocycles. The Hall–Kier alpha value is -3.75. The maximum absolute atomic E-state index is 13.6. The summed E-state index contributed by atoms with van der Waals surface area (Å²) in [7, 11) is 0. The molecule has 2 fully saturated rings. The zero-order valence-corrected chi connectivity index (χ0v) is 21.6. The molecule has 2 aliphatic heterocycles. The van der Waals surface area contributed by atoms with Gasteiger partial charge in [-0.1, -0.05) is 6.07 Å². The summed E-state index contributed by atoms with van der Waals surface area (Å²) in [4.78, 5) is 32.4. The highest BCUT2D eigenvalue weighted by atomic mass is 19.1. The molecule has 1 N–H and O–H groups in total. The molecule has 0 aliphatic carbocycles. The predicted octanol–water partition coefficient (Wildman–Crippen LogP) is 4.32. The Labute approximate surface area is 216 Å². The van der Waals surface area contributed by atoms with Gasteiger partial charge < -0.3 is 19.8 Å². The Morgan fingerprint density at radius 3 is 2.49 bits per heavy atom. The lowest BCUT2D eigenvalue weighted by Gasteiger charge is -2.41. The minimum absolute atomic E-state index is 0.0274. The third kappa shape index (κ3) is 5.35. The first kappa shape index (κ1) is 24.9. The van der Waals surface area contributed by atoms with Crippen molar-refractivity contribution in [3.8, 4) is 11.3 Å². The number of hydrogen-bond acceptors (Lipinski definition) is 7. The highest BCUT2D eigenvalue weighted by Gasteiger charge is 2.29. The molecule has 2 atom stereocenters. The molecule has 2 unspecified atom stereocenters. The monoisotopic (exact) mass is 504 g/mol. The van der Waals surface area contributed by atoms with Crippen LogP contribution in [-0.2, 0) is 11.2 Å². The van der Waals surface area contributed by atoms with Crippen LogP contribution in [0.5, 0.6) is 0 Å². The number of rotatable bonds is 6. The van der Waals surface area contributed by atoms with Crippen LogP contribution in [0, 0.1) is 12.7 Å². The van der Waals surface area contributed by atoms with E-state index in [1.807, 2.05) is 19.1 Å². The van der Waals surface area contributed by atoms with Gasteiger partial charge in [-0.3, -0.25) is 4.79 Å². The summed E-state index contributed by atoms with van der Waals surface area (Å²) in [5, 5.41) is 9.08. The fourth-order valence-electron chi connectivity index (χ4n) is 5.41. The fourth-order valence-corrected chi connectivity index (χ4v) is 5.41. The van der Waals surface area contributed by atoms with Crippen molar-refractivity contribution in [3.63, 3.8) is 0 Å². The molecule has 0 spiro atoms. The number of carboxylic acid groups (broad SMARTS) is 1. The average Bonchev–Trinajstić information content (AvgIpc) is 3.30. The maximum atomic E-state index is 13.6. The summed E-state index contributed by atoms with van der Waals surface area (Å²) in [6.07, 6.45) is 3.87. The second kappa shape index (κ2) is 10.3. The quantitative estimate of drug-likeness (QED) is 0.531. The topological polar surface area (TPSA) is 85.7 Å². The van der Waals surface area contributed by atoms with E-state index in [0.29, 0.717) is 11.6 Å². The normalized spacial score (nSPS) is 19.9. The van der Waals surface area contributed by atoms with Crippen LogP contribution in [0.4, 0.5) is 22.0 Å². The van der Waals surface area contributed by atoms with E-state index in [0.717, 1.165) is 73.4 Å². The Kier molecular flexibility index (Phi) is 6.95. The second-order valence-electron chi connectivity index (χ2n) is 10.1. The summed E-state index contributed by atoms with van der Waals surface area (Å²) >= 11 is 0. The first-order chi connectivity index (χ1) is 17.8. The van der Waals surface area contributed by atoms with E-state index < -0.39 is 5.97 Å². The Morgan fingerprint density at radius 2 is 1.84 bits per heavy atom. The molecule has 194 valence electrons. The van der Waals surface area contributed by atoms with Gasteiger partial charge >= 0.3 is 5.97 Å². The van der Waals surface area contributed by atoms with Crippen molar-refractivity contribution in [1.82, 2.24) is 15.0 Å². The first-order valence-electron chi connectivity index (χ1n) is 12.9. The van der Waals surface area contributed by atoms with E-state index in [4.69, 9.17) is 15.1 Å². The van der Waals surface area contributed by atoms with E-state index in [1.54, 1.807) is 18.3 Å². The SMILES string of the molecule is Cc1cc(CC(=O)O)cnc1N1CCN(c2cc(-c3ccc(F)cc3)nc(N3CCCC3C)n2)C(C)C1. The number of piperazine rings is 1. The van der Waals surface area contributed by atoms with Crippen molar-refractivity contribution in [2.45, 2.75) is 52.1 Å². The van der Waals surface area contributed by atoms with Gasteiger partial charge in [-0.05, 0) is 69.0 Å². The predicted molar refractivity (Wildman–Crippen MR) is 143 cm³/mol. The molecule has 2 aliphatic rings. The van der Waals surface area contributed by atoms with Crippen molar-refractivity contribution in [3.05, 3.63) is 59.5 Å². The van der Waals surface area contributed by atoms with E-state index in [-0.39, 0.29) is 18.3 Å². The number of pyridine rings is 1. The highest BCUT2D eigenvalue weighted by molar-refractivity contribution is 5.70. The molecule has 0 radical (unpaired) electrons. The van der Waals surface area contributed by atoms with Crippen molar-refractivity contribution in [1.29, 1.82) is 0 Å². The van der Waals surface area contributed by atoms with Gasteiger partial charge in [-0.15, -0.1) is 0 Å². The summed E-state index contributed by atoms with van der Waals surface area (Å²) in [5.41, 5.74) is 3.34. The average molecular weight is 505 g/mol. The molecule has 3 aromatic rings. The molecule has 1 aromatic carbocycles. The van der Waals surface area contributed by atoms with E-state index in [9.17, 15) is 9.18 Å². The smallest absolute Gasteiger partial charge is 0.307 e. The number of nitrogens with zero attached hydrogens (tertiary/aromatic N) is 6. The van der Waals surface area contributed by atoms with Gasteiger partial charge in [0.25, 0.3) is 0 Å². The van der Waals surface area contributed by atoms with Crippen LogP contribution in [-0.4, -0.2) is 64.3 Å². The van der Waals surface area contributed by atoms with Gasteiger partial charge in [0.15, 0.2) is 0 Å². The lowest BCUT2D eigenvalue weighted by atomic mass is 10.1. The number of aryl methyl sites for hydroxylation is 1.